The average molecular weight is 300 g/mol. The number of nitrogens with zero attached hydrogens (tertiary/aromatic N) is 2. The molecular formula is C17H20N2O3. The number of carbonyl (C=O) groups excluding carboxylic acids is 1. The van der Waals surface area contributed by atoms with Crippen molar-refractivity contribution in [2.45, 2.75) is 6.10 Å². The van der Waals surface area contributed by atoms with Gasteiger partial charge in [0.05, 0.1) is 17.9 Å². The van der Waals surface area contributed by atoms with Crippen LogP contribution in [-0.4, -0.2) is 53.5 Å². The maximum Gasteiger partial charge on any atom is 0.257 e. The molecule has 0 aliphatic carbocycles. The first-order valence-electron chi connectivity index (χ1n) is 7.51. The highest BCUT2D eigenvalue weighted by Crippen LogP contribution is 2.16. The number of carbonyl (C=O) groups is 1. The summed E-state index contributed by atoms with van der Waals surface area (Å²) in [5, 5.41) is 10.3. The molecule has 0 saturated carbocycles. The van der Waals surface area contributed by atoms with Gasteiger partial charge in [-0.1, -0.05) is 30.3 Å². The second-order valence-electron chi connectivity index (χ2n) is 5.53. The van der Waals surface area contributed by atoms with Crippen LogP contribution in [0.25, 0.3) is 0 Å². The Morgan fingerprint density at radius 3 is 2.50 bits per heavy atom. The average Bonchev–Trinajstić information content (AvgIpc) is 3.10. The topological polar surface area (TPSA) is 56.9 Å². The SMILES string of the molecule is O=C(c1ccoc1)N1CCN(C[C@@H](O)c2ccccc2)CC1. The van der Waals surface area contributed by atoms with Crippen LogP contribution < -0.4 is 0 Å². The smallest absolute Gasteiger partial charge is 0.257 e. The van der Waals surface area contributed by atoms with Gasteiger partial charge in [-0.3, -0.25) is 9.69 Å². The fourth-order valence-corrected chi connectivity index (χ4v) is 2.73. The zero-order valence-corrected chi connectivity index (χ0v) is 12.4. The Morgan fingerprint density at radius 2 is 1.86 bits per heavy atom. The maximum atomic E-state index is 12.2. The third kappa shape index (κ3) is 3.37. The van der Waals surface area contributed by atoms with Crippen molar-refractivity contribution in [1.29, 1.82) is 0 Å². The first-order chi connectivity index (χ1) is 10.7. The minimum Gasteiger partial charge on any atom is -0.472 e. The van der Waals surface area contributed by atoms with E-state index in [0.717, 1.165) is 18.7 Å². The summed E-state index contributed by atoms with van der Waals surface area (Å²) in [6, 6.07) is 11.4. The second-order valence-corrected chi connectivity index (χ2v) is 5.53. The van der Waals surface area contributed by atoms with E-state index in [0.29, 0.717) is 25.2 Å². The van der Waals surface area contributed by atoms with Gasteiger partial charge in [0.2, 0.25) is 0 Å². The lowest BCUT2D eigenvalue weighted by Gasteiger charge is -2.35. The van der Waals surface area contributed by atoms with Crippen LogP contribution in [0.2, 0.25) is 0 Å². The van der Waals surface area contributed by atoms with Gasteiger partial charge in [0, 0.05) is 32.7 Å². The van der Waals surface area contributed by atoms with Crippen LogP contribution in [-0.2, 0) is 0 Å². The van der Waals surface area contributed by atoms with Gasteiger partial charge in [-0.25, -0.2) is 0 Å². The predicted molar refractivity (Wildman–Crippen MR) is 82.5 cm³/mol. The molecule has 5 heteroatoms. The lowest BCUT2D eigenvalue weighted by atomic mass is 10.1. The summed E-state index contributed by atoms with van der Waals surface area (Å²) >= 11 is 0. The molecule has 116 valence electrons. The normalized spacial score (nSPS) is 17.4. The third-order valence-electron chi connectivity index (χ3n) is 4.04. The van der Waals surface area contributed by atoms with E-state index in [1.807, 2.05) is 35.2 Å². The number of amides is 1. The molecule has 1 atom stereocenters. The van der Waals surface area contributed by atoms with Crippen molar-refractivity contribution in [2.24, 2.45) is 0 Å². The monoisotopic (exact) mass is 300 g/mol. The van der Waals surface area contributed by atoms with Crippen molar-refractivity contribution in [2.75, 3.05) is 32.7 Å². The first kappa shape index (κ1) is 14.8. The lowest BCUT2D eigenvalue weighted by Crippen LogP contribution is -2.49. The minimum atomic E-state index is -0.489. The predicted octanol–water partition coefficient (Wildman–Crippen LogP) is 1.77. The molecule has 3 rings (SSSR count). The van der Waals surface area contributed by atoms with Gasteiger partial charge >= 0.3 is 0 Å². The van der Waals surface area contributed by atoms with Crippen molar-refractivity contribution in [1.82, 2.24) is 9.80 Å². The number of aliphatic hydroxyl groups is 1. The Labute approximate surface area is 129 Å². The van der Waals surface area contributed by atoms with E-state index < -0.39 is 6.10 Å². The fraction of sp³-hybridized carbons (Fsp3) is 0.353. The van der Waals surface area contributed by atoms with E-state index in [9.17, 15) is 9.90 Å². The summed E-state index contributed by atoms with van der Waals surface area (Å²) in [6.07, 6.45) is 2.51. The van der Waals surface area contributed by atoms with Crippen LogP contribution in [0.4, 0.5) is 0 Å². The van der Waals surface area contributed by atoms with Gasteiger partial charge in [0.15, 0.2) is 0 Å². The number of piperazine rings is 1. The molecule has 2 aromatic rings. The Bertz CT molecular complexity index is 590. The number of furan rings is 1. The van der Waals surface area contributed by atoms with Crippen LogP contribution in [0.5, 0.6) is 0 Å². The summed E-state index contributed by atoms with van der Waals surface area (Å²) in [6.45, 7) is 3.48. The van der Waals surface area contributed by atoms with Gasteiger partial charge in [0.1, 0.15) is 6.26 Å². The molecule has 1 aromatic heterocycles. The van der Waals surface area contributed by atoms with E-state index >= 15 is 0 Å². The lowest BCUT2D eigenvalue weighted by molar-refractivity contribution is 0.0527. The van der Waals surface area contributed by atoms with Crippen molar-refractivity contribution < 1.29 is 14.3 Å². The standard InChI is InChI=1S/C17H20N2O3/c20-16(14-4-2-1-3-5-14)12-18-7-9-19(10-8-18)17(21)15-6-11-22-13-15/h1-6,11,13,16,20H,7-10,12H2/t16-/m1/s1. The van der Waals surface area contributed by atoms with Crippen LogP contribution in [0.1, 0.15) is 22.0 Å². The van der Waals surface area contributed by atoms with Crippen molar-refractivity contribution in [3.05, 3.63) is 60.1 Å². The zero-order chi connectivity index (χ0) is 15.4. The van der Waals surface area contributed by atoms with E-state index in [-0.39, 0.29) is 5.91 Å². The number of rotatable bonds is 4. The highest BCUT2D eigenvalue weighted by atomic mass is 16.3. The molecule has 1 N–H and O–H groups in total. The van der Waals surface area contributed by atoms with Crippen LogP contribution in [0, 0.1) is 0 Å². The molecule has 2 heterocycles. The summed E-state index contributed by atoms with van der Waals surface area (Å²) in [4.78, 5) is 16.2. The van der Waals surface area contributed by atoms with Gasteiger partial charge in [0.25, 0.3) is 5.91 Å². The summed E-state index contributed by atoms with van der Waals surface area (Å²) in [5.41, 5.74) is 1.53. The summed E-state index contributed by atoms with van der Waals surface area (Å²) in [7, 11) is 0. The number of β-amino-alcohol motifs (C(OH)–C–C–N with tert-alkyl or cyclic N) is 1. The second kappa shape index (κ2) is 6.77. The Hall–Kier alpha value is -2.11. The molecule has 0 radical (unpaired) electrons. The third-order valence-corrected chi connectivity index (χ3v) is 4.04. The molecule has 22 heavy (non-hydrogen) atoms. The van der Waals surface area contributed by atoms with Crippen LogP contribution in [0.15, 0.2) is 53.3 Å². The molecular weight excluding hydrogens is 280 g/mol. The highest BCUT2D eigenvalue weighted by molar-refractivity contribution is 5.93. The van der Waals surface area contributed by atoms with Gasteiger partial charge in [-0.05, 0) is 11.6 Å². The number of benzene rings is 1. The number of hydrogen-bond donors (Lipinski definition) is 1. The van der Waals surface area contributed by atoms with Gasteiger partial charge in [-0.15, -0.1) is 0 Å². The van der Waals surface area contributed by atoms with Gasteiger partial charge < -0.3 is 14.4 Å². The Morgan fingerprint density at radius 1 is 1.14 bits per heavy atom. The van der Waals surface area contributed by atoms with E-state index in [1.165, 1.54) is 12.5 Å². The molecule has 1 aliphatic heterocycles. The van der Waals surface area contributed by atoms with E-state index in [1.54, 1.807) is 6.07 Å². The van der Waals surface area contributed by atoms with E-state index in [4.69, 9.17) is 4.42 Å². The molecule has 5 nitrogen and oxygen atoms in total. The fourth-order valence-electron chi connectivity index (χ4n) is 2.73. The van der Waals surface area contributed by atoms with Crippen LogP contribution in [0.3, 0.4) is 0 Å². The van der Waals surface area contributed by atoms with E-state index in [2.05, 4.69) is 4.90 Å². The largest absolute Gasteiger partial charge is 0.472 e. The molecule has 1 amide bonds. The first-order valence-corrected chi connectivity index (χ1v) is 7.51. The molecule has 1 fully saturated rings. The molecule has 1 aliphatic rings. The molecule has 0 unspecified atom stereocenters. The van der Waals surface area contributed by atoms with Crippen LogP contribution >= 0.6 is 0 Å². The Kier molecular flexibility index (Phi) is 4.56. The number of hydrogen-bond acceptors (Lipinski definition) is 4. The number of aliphatic hydroxyl groups excluding tert-OH is 1. The summed E-state index contributed by atoms with van der Waals surface area (Å²) < 4.78 is 4.96. The van der Waals surface area contributed by atoms with Crippen molar-refractivity contribution in [3.8, 4) is 0 Å². The zero-order valence-electron chi connectivity index (χ0n) is 12.4. The minimum absolute atomic E-state index is 0.0111. The molecule has 1 saturated heterocycles. The quantitative estimate of drug-likeness (QED) is 0.935. The molecule has 0 bridgehead atoms. The van der Waals surface area contributed by atoms with Gasteiger partial charge in [-0.2, -0.15) is 0 Å². The van der Waals surface area contributed by atoms with Crippen molar-refractivity contribution >= 4 is 5.91 Å². The Balaban J connectivity index is 1.51. The highest BCUT2D eigenvalue weighted by Gasteiger charge is 2.24. The molecule has 0 spiro atoms. The maximum absolute atomic E-state index is 12.2. The summed E-state index contributed by atoms with van der Waals surface area (Å²) in [5.74, 6) is 0.0111. The molecule has 1 aromatic carbocycles. The van der Waals surface area contributed by atoms with Crippen molar-refractivity contribution in [3.63, 3.8) is 0 Å².